The molecule has 1 unspecified atom stereocenters. The van der Waals surface area contributed by atoms with E-state index in [1.54, 1.807) is 0 Å². The number of aromatic nitrogens is 5. The van der Waals surface area contributed by atoms with Crippen molar-refractivity contribution in [3.63, 3.8) is 0 Å². The van der Waals surface area contributed by atoms with Gasteiger partial charge in [-0.1, -0.05) is 12.8 Å². The molecule has 1 atom stereocenters. The Bertz CT molecular complexity index is 1020. The van der Waals surface area contributed by atoms with Gasteiger partial charge >= 0.3 is 7.05 Å². The van der Waals surface area contributed by atoms with Gasteiger partial charge in [0.2, 0.25) is 0 Å². The molecule has 3 aromatic heterocycles. The quantitative estimate of drug-likeness (QED) is 0.633. The third kappa shape index (κ3) is 3.72. The molecule has 5 rings (SSSR count). The topological polar surface area (TPSA) is 83.5 Å². The van der Waals surface area contributed by atoms with Gasteiger partial charge in [0.15, 0.2) is 5.65 Å². The van der Waals surface area contributed by atoms with E-state index in [-0.39, 0.29) is 0 Å². The fourth-order valence-electron chi connectivity index (χ4n) is 4.92. The normalized spacial score (nSPS) is 20.8. The molecule has 1 aliphatic heterocycles. The van der Waals surface area contributed by atoms with Crippen LogP contribution in [0.25, 0.3) is 16.8 Å². The molecule has 0 radical (unpaired) electrons. The maximum absolute atomic E-state index is 10.1. The Kier molecular flexibility index (Phi) is 5.24. The molecule has 0 aromatic carbocycles. The lowest BCUT2D eigenvalue weighted by molar-refractivity contribution is 0.283. The van der Waals surface area contributed by atoms with Gasteiger partial charge in [-0.05, 0) is 45.6 Å². The smallest absolute Gasteiger partial charge is 0.376 e. The van der Waals surface area contributed by atoms with E-state index in [1.165, 1.54) is 25.7 Å². The van der Waals surface area contributed by atoms with Crippen LogP contribution in [0.2, 0.25) is 6.82 Å². The largest absolute Gasteiger partial charge is 0.437 e. The Labute approximate surface area is 177 Å². The van der Waals surface area contributed by atoms with Gasteiger partial charge < -0.3 is 15.2 Å². The fraction of sp³-hybridized carbons (Fsp3) is 0.571. The van der Waals surface area contributed by atoms with E-state index in [4.69, 9.17) is 4.98 Å². The summed E-state index contributed by atoms with van der Waals surface area (Å²) in [5.41, 5.74) is 3.98. The molecule has 9 heteroatoms. The van der Waals surface area contributed by atoms with Gasteiger partial charge in [-0.3, -0.25) is 4.68 Å². The lowest BCUT2D eigenvalue weighted by Gasteiger charge is -2.33. The van der Waals surface area contributed by atoms with Gasteiger partial charge in [-0.15, -0.1) is 0 Å². The summed E-state index contributed by atoms with van der Waals surface area (Å²) in [4.78, 5) is 7.23. The first-order chi connectivity index (χ1) is 14.6. The minimum Gasteiger partial charge on any atom is -0.437 e. The molecule has 30 heavy (non-hydrogen) atoms. The van der Waals surface area contributed by atoms with Crippen molar-refractivity contribution in [2.45, 2.75) is 57.3 Å². The van der Waals surface area contributed by atoms with Gasteiger partial charge in [-0.25, -0.2) is 4.98 Å². The van der Waals surface area contributed by atoms with E-state index < -0.39 is 7.05 Å². The number of piperidine rings is 1. The van der Waals surface area contributed by atoms with Gasteiger partial charge in [0.1, 0.15) is 5.82 Å². The van der Waals surface area contributed by atoms with Crippen LogP contribution in [0.15, 0.2) is 24.7 Å². The fourth-order valence-corrected chi connectivity index (χ4v) is 4.92. The number of anilines is 1. The number of rotatable bonds is 5. The Hall–Kier alpha value is -2.39. The van der Waals surface area contributed by atoms with Crippen LogP contribution in [0.4, 0.5) is 5.82 Å². The highest BCUT2D eigenvalue weighted by Gasteiger charge is 2.28. The maximum atomic E-state index is 10.1. The summed E-state index contributed by atoms with van der Waals surface area (Å²) in [6.07, 6.45) is 12.9. The van der Waals surface area contributed by atoms with Gasteiger partial charge in [0.05, 0.1) is 18.1 Å². The summed E-state index contributed by atoms with van der Waals surface area (Å²) in [5, 5.41) is 22.8. The Morgan fingerprint density at radius 2 is 1.97 bits per heavy atom. The molecule has 158 valence electrons. The van der Waals surface area contributed by atoms with E-state index in [1.807, 2.05) is 41.7 Å². The van der Waals surface area contributed by atoms with Crippen LogP contribution in [0.3, 0.4) is 0 Å². The minimum atomic E-state index is -0.423. The van der Waals surface area contributed by atoms with Crippen LogP contribution in [0.5, 0.6) is 0 Å². The molecule has 0 amide bonds. The first-order valence-electron chi connectivity index (χ1n) is 11.1. The molecule has 1 saturated heterocycles. The third-order valence-electron chi connectivity index (χ3n) is 6.61. The van der Waals surface area contributed by atoms with E-state index >= 15 is 0 Å². The van der Waals surface area contributed by atoms with Crippen LogP contribution >= 0.6 is 0 Å². The average Bonchev–Trinajstić information content (AvgIpc) is 3.49. The number of aryl methyl sites for hydroxylation is 1. The molecule has 4 heterocycles. The predicted octanol–water partition coefficient (Wildman–Crippen LogP) is 2.77. The summed E-state index contributed by atoms with van der Waals surface area (Å²) in [5.74, 6) is 1.32. The van der Waals surface area contributed by atoms with E-state index in [0.717, 1.165) is 54.2 Å². The second-order valence-electron chi connectivity index (χ2n) is 8.85. The number of nitrogens with zero attached hydrogens (tertiary/aromatic N) is 6. The number of hydrogen-bond donors (Lipinski definition) is 2. The molecule has 0 spiro atoms. The first-order valence-corrected chi connectivity index (χ1v) is 11.1. The molecular weight excluding hydrogens is 377 g/mol. The van der Waals surface area contributed by atoms with Gasteiger partial charge in [-0.2, -0.15) is 14.7 Å². The predicted molar refractivity (Wildman–Crippen MR) is 118 cm³/mol. The lowest BCUT2D eigenvalue weighted by atomic mass is 9.80. The molecule has 2 aliphatic rings. The zero-order valence-electron chi connectivity index (χ0n) is 17.8. The van der Waals surface area contributed by atoms with Crippen molar-refractivity contribution in [3.05, 3.63) is 30.4 Å². The van der Waals surface area contributed by atoms with Gasteiger partial charge in [0.25, 0.3) is 0 Å². The SMILES string of the molecule is CB(O)N1CCCC(c2cc(NC3CCCC3)n3ncc(-c4cnn(C)c4)c3n2)C1. The van der Waals surface area contributed by atoms with E-state index in [2.05, 4.69) is 26.4 Å². The molecule has 2 N–H and O–H groups in total. The van der Waals surface area contributed by atoms with Crippen molar-refractivity contribution < 1.29 is 5.02 Å². The monoisotopic (exact) mass is 407 g/mol. The summed E-state index contributed by atoms with van der Waals surface area (Å²) < 4.78 is 3.75. The van der Waals surface area contributed by atoms with Crippen molar-refractivity contribution in [1.29, 1.82) is 0 Å². The Morgan fingerprint density at radius 1 is 1.13 bits per heavy atom. The zero-order valence-corrected chi connectivity index (χ0v) is 17.8. The van der Waals surface area contributed by atoms with Crippen molar-refractivity contribution >= 4 is 18.5 Å². The molecule has 8 nitrogen and oxygen atoms in total. The maximum Gasteiger partial charge on any atom is 0.376 e. The van der Waals surface area contributed by atoms with E-state index in [9.17, 15) is 5.02 Å². The number of hydrogen-bond acceptors (Lipinski definition) is 6. The summed E-state index contributed by atoms with van der Waals surface area (Å²) >= 11 is 0. The molecule has 2 fully saturated rings. The van der Waals surface area contributed by atoms with Crippen LogP contribution in [-0.2, 0) is 7.05 Å². The van der Waals surface area contributed by atoms with Crippen molar-refractivity contribution in [2.75, 3.05) is 18.4 Å². The standard InChI is InChI=1S/C21H30BN7O/c1-22(30)28-9-5-6-15(14-28)19-10-20(25-17-7-3-4-8-17)29-21(26-19)18(12-24-29)16-11-23-27(2)13-16/h10-13,15,17,25,30H,3-9,14H2,1-2H3. The van der Waals surface area contributed by atoms with Crippen molar-refractivity contribution in [2.24, 2.45) is 7.05 Å². The lowest BCUT2D eigenvalue weighted by Crippen LogP contribution is -2.43. The highest BCUT2D eigenvalue weighted by Crippen LogP contribution is 2.32. The van der Waals surface area contributed by atoms with Crippen LogP contribution in [0.1, 0.15) is 50.1 Å². The van der Waals surface area contributed by atoms with Crippen molar-refractivity contribution in [3.8, 4) is 11.1 Å². The average molecular weight is 407 g/mol. The summed E-state index contributed by atoms with van der Waals surface area (Å²) in [6.45, 7) is 3.63. The Balaban J connectivity index is 1.57. The Morgan fingerprint density at radius 3 is 2.70 bits per heavy atom. The molecule has 1 saturated carbocycles. The molecular formula is C21H30BN7O. The van der Waals surface area contributed by atoms with Crippen molar-refractivity contribution in [1.82, 2.24) is 29.2 Å². The molecule has 0 bridgehead atoms. The van der Waals surface area contributed by atoms with Crippen LogP contribution < -0.4 is 5.32 Å². The van der Waals surface area contributed by atoms with Gasteiger partial charge in [0, 0.05) is 42.4 Å². The van der Waals surface area contributed by atoms with E-state index in [0.29, 0.717) is 12.0 Å². The molecule has 1 aliphatic carbocycles. The highest BCUT2D eigenvalue weighted by atomic mass is 16.2. The highest BCUT2D eigenvalue weighted by molar-refractivity contribution is 6.45. The third-order valence-corrected chi connectivity index (χ3v) is 6.61. The summed E-state index contributed by atoms with van der Waals surface area (Å²) in [7, 11) is 1.50. The second kappa shape index (κ2) is 8.04. The number of fused-ring (bicyclic) bond motifs is 1. The number of nitrogens with one attached hydrogen (secondary N) is 1. The zero-order chi connectivity index (χ0) is 20.7. The summed E-state index contributed by atoms with van der Waals surface area (Å²) in [6, 6.07) is 2.68. The second-order valence-corrected chi connectivity index (χ2v) is 8.85. The van der Waals surface area contributed by atoms with Crippen LogP contribution in [0, 0.1) is 0 Å². The van der Waals surface area contributed by atoms with Crippen LogP contribution in [-0.4, -0.2) is 60.4 Å². The minimum absolute atomic E-state index is 0.305. The molecule has 3 aromatic rings. The first kappa shape index (κ1) is 19.6.